The Balaban J connectivity index is 3.56. The summed E-state index contributed by atoms with van der Waals surface area (Å²) < 4.78 is 73.8. The highest BCUT2D eigenvalue weighted by Gasteiger charge is 2.02. The summed E-state index contributed by atoms with van der Waals surface area (Å²) in [7, 11) is 0. The number of hydrazine groups is 1. The number of hydrogen-bond donors (Lipinski definition) is 1. The van der Waals surface area contributed by atoms with Crippen LogP contribution in [-0.2, 0) is 0 Å². The molecule has 0 aromatic carbocycles. The van der Waals surface area contributed by atoms with E-state index in [0.717, 1.165) is 0 Å². The summed E-state index contributed by atoms with van der Waals surface area (Å²) >= 11 is 0. The van der Waals surface area contributed by atoms with Gasteiger partial charge < -0.3 is 0 Å². The molecular weight excluding hydrogens is 88.1 g/mol. The zero-order valence-corrected chi connectivity index (χ0v) is 3.52. The van der Waals surface area contributed by atoms with E-state index in [4.69, 9.17) is 19.6 Å². The van der Waals surface area contributed by atoms with Gasteiger partial charge in [0, 0.05) is 26.7 Å². The molecule has 1 aliphatic heterocycles. The SMILES string of the molecule is [2H]C1([2H])N(N)C([2H])([2H])C([2H])([2H])C([2H])([2H])C1([2H])[2H]. The van der Waals surface area contributed by atoms with E-state index in [1.54, 1.807) is 0 Å². The van der Waals surface area contributed by atoms with Crippen LogP contribution in [0.25, 0.3) is 0 Å². The Labute approximate surface area is 58.3 Å². The Kier molecular flexibility index (Phi) is 0.276. The van der Waals surface area contributed by atoms with E-state index in [0.29, 0.717) is 0 Å². The van der Waals surface area contributed by atoms with Crippen molar-refractivity contribution in [1.29, 1.82) is 0 Å². The first kappa shape index (κ1) is 0.847. The minimum atomic E-state index is -3.39. The summed E-state index contributed by atoms with van der Waals surface area (Å²) in [5, 5.41) is -0.235. The molecule has 0 bridgehead atoms. The largest absolute Gasteiger partial charge is 0.269 e. The van der Waals surface area contributed by atoms with E-state index in [-0.39, 0.29) is 5.01 Å². The monoisotopic (exact) mass is 110 g/mol. The Hall–Kier alpha value is -0.0800. The van der Waals surface area contributed by atoms with Crippen LogP contribution < -0.4 is 5.84 Å². The molecule has 42 valence electrons. The van der Waals surface area contributed by atoms with Gasteiger partial charge in [0.05, 0.1) is 0 Å². The average Bonchev–Trinajstić information content (AvgIpc) is 2.13. The van der Waals surface area contributed by atoms with Gasteiger partial charge in [0.2, 0.25) is 0 Å². The lowest BCUT2D eigenvalue weighted by molar-refractivity contribution is 0.235. The summed E-state index contributed by atoms with van der Waals surface area (Å²) in [6, 6.07) is 0. The predicted octanol–water partition coefficient (Wildman–Crippen LogP) is 0.346. The molecule has 0 saturated carbocycles. The van der Waals surface area contributed by atoms with Crippen LogP contribution in [-0.4, -0.2) is 18.0 Å². The van der Waals surface area contributed by atoms with E-state index >= 15 is 0 Å². The molecule has 0 unspecified atom stereocenters. The number of piperidine rings is 1. The van der Waals surface area contributed by atoms with Crippen molar-refractivity contribution in [2.75, 3.05) is 13.0 Å². The molecule has 0 aliphatic carbocycles. The minimum absolute atomic E-state index is 0.235. The van der Waals surface area contributed by atoms with Gasteiger partial charge >= 0.3 is 0 Å². The van der Waals surface area contributed by atoms with Crippen LogP contribution in [0.2, 0.25) is 0 Å². The van der Waals surface area contributed by atoms with Crippen molar-refractivity contribution in [2.24, 2.45) is 5.84 Å². The number of rotatable bonds is 0. The first-order chi connectivity index (χ1) is 7.15. The lowest BCUT2D eigenvalue weighted by Crippen LogP contribution is -2.35. The highest BCUT2D eigenvalue weighted by atomic mass is 15.4. The Morgan fingerprint density at radius 3 is 2.43 bits per heavy atom. The summed E-state index contributed by atoms with van der Waals surface area (Å²) in [6.45, 7) is -6.38. The summed E-state index contributed by atoms with van der Waals surface area (Å²) in [5.74, 6) is 5.10. The van der Waals surface area contributed by atoms with Crippen molar-refractivity contribution in [3.8, 4) is 0 Å². The second-order valence-electron chi connectivity index (χ2n) is 0.969. The molecule has 0 spiro atoms. The van der Waals surface area contributed by atoms with Crippen molar-refractivity contribution < 1.29 is 13.7 Å². The summed E-state index contributed by atoms with van der Waals surface area (Å²) in [4.78, 5) is 0. The van der Waals surface area contributed by atoms with E-state index in [9.17, 15) is 0 Å². The van der Waals surface area contributed by atoms with Gasteiger partial charge in [0.15, 0.2) is 0 Å². The second kappa shape index (κ2) is 2.28. The normalized spacial score (nSPS) is 82.4. The van der Waals surface area contributed by atoms with Gasteiger partial charge in [-0.05, 0) is 12.7 Å². The molecule has 0 radical (unpaired) electrons. The van der Waals surface area contributed by atoms with Crippen LogP contribution in [0.4, 0.5) is 0 Å². The van der Waals surface area contributed by atoms with Crippen molar-refractivity contribution >= 4 is 0 Å². The average molecular weight is 110 g/mol. The maximum Gasteiger partial charge on any atom is 0.0446 e. The molecule has 7 heavy (non-hydrogen) atoms. The first-order valence-electron chi connectivity index (χ1n) is 6.71. The smallest absolute Gasteiger partial charge is 0.0446 e. The lowest BCUT2D eigenvalue weighted by atomic mass is 10.2. The van der Waals surface area contributed by atoms with Crippen LogP contribution in [0.3, 0.4) is 0 Å². The molecule has 0 atom stereocenters. The van der Waals surface area contributed by atoms with Crippen molar-refractivity contribution in [3.63, 3.8) is 0 Å². The van der Waals surface area contributed by atoms with E-state index < -0.39 is 32.1 Å². The molecule has 2 N–H and O–H groups in total. The predicted molar refractivity (Wildman–Crippen MR) is 29.6 cm³/mol. The summed E-state index contributed by atoms with van der Waals surface area (Å²) in [5.41, 5.74) is 0. The minimum Gasteiger partial charge on any atom is -0.269 e. The molecule has 1 heterocycles. The fraction of sp³-hybridized carbons (Fsp3) is 1.00. The zero-order valence-electron chi connectivity index (χ0n) is 13.5. The fourth-order valence-electron chi connectivity index (χ4n) is 0.236. The Morgan fingerprint density at radius 2 is 1.86 bits per heavy atom. The number of hydrogen-bond acceptors (Lipinski definition) is 2. The molecular formula is C5H12N2. The van der Waals surface area contributed by atoms with Crippen LogP contribution in [0.5, 0.6) is 0 Å². The van der Waals surface area contributed by atoms with E-state index in [1.807, 2.05) is 0 Å². The molecule has 1 aliphatic rings. The number of nitrogens with two attached hydrogens (primary N) is 1. The standard InChI is InChI=1S/C5H12N2/c6-7-4-2-1-3-5-7/h1-6H2/i1D2,2D2,3D2,4D2,5D2. The number of nitrogens with zero attached hydrogens (tertiary/aromatic N) is 1. The Morgan fingerprint density at radius 1 is 1.29 bits per heavy atom. The highest BCUT2D eigenvalue weighted by Crippen LogP contribution is 2.03. The first-order valence-corrected chi connectivity index (χ1v) is 1.71. The second-order valence-corrected chi connectivity index (χ2v) is 0.969. The van der Waals surface area contributed by atoms with Crippen molar-refractivity contribution in [2.45, 2.75) is 19.1 Å². The lowest BCUT2D eigenvalue weighted by Gasteiger charge is -2.20. The molecule has 0 amide bonds. The van der Waals surface area contributed by atoms with E-state index in [2.05, 4.69) is 0 Å². The van der Waals surface area contributed by atoms with Gasteiger partial charge in [0.25, 0.3) is 0 Å². The third kappa shape index (κ3) is 1.45. The molecule has 1 saturated heterocycles. The molecule has 1 rings (SSSR count). The van der Waals surface area contributed by atoms with Crippen molar-refractivity contribution in [3.05, 3.63) is 0 Å². The maximum absolute atomic E-state index is 7.39. The third-order valence-electron chi connectivity index (χ3n) is 0.478. The third-order valence-corrected chi connectivity index (χ3v) is 0.478. The van der Waals surface area contributed by atoms with Gasteiger partial charge in [0.1, 0.15) is 0 Å². The maximum atomic E-state index is 7.39. The molecule has 0 aromatic heterocycles. The quantitative estimate of drug-likeness (QED) is 0.456. The van der Waals surface area contributed by atoms with Gasteiger partial charge in [-0.2, -0.15) is 0 Å². The topological polar surface area (TPSA) is 29.3 Å². The van der Waals surface area contributed by atoms with Crippen LogP contribution >= 0.6 is 0 Å². The molecule has 0 aromatic rings. The van der Waals surface area contributed by atoms with Crippen LogP contribution in [0.1, 0.15) is 32.8 Å². The van der Waals surface area contributed by atoms with Gasteiger partial charge in [-0.15, -0.1) is 0 Å². The van der Waals surface area contributed by atoms with Gasteiger partial charge in [-0.3, -0.25) is 5.84 Å². The molecule has 2 nitrogen and oxygen atoms in total. The zero-order chi connectivity index (χ0) is 14.1. The van der Waals surface area contributed by atoms with Crippen LogP contribution in [0, 0.1) is 0 Å². The van der Waals surface area contributed by atoms with E-state index in [1.165, 1.54) is 0 Å². The Bertz CT molecular complexity index is 306. The van der Waals surface area contributed by atoms with Crippen LogP contribution in [0.15, 0.2) is 0 Å². The molecule has 2 heteroatoms. The fourth-order valence-corrected chi connectivity index (χ4v) is 0.236. The van der Waals surface area contributed by atoms with Gasteiger partial charge in [-0.25, -0.2) is 5.01 Å². The molecule has 1 fully saturated rings. The van der Waals surface area contributed by atoms with Gasteiger partial charge in [-0.1, -0.05) is 6.37 Å². The highest BCUT2D eigenvalue weighted by molar-refractivity contribution is 4.56. The van der Waals surface area contributed by atoms with Crippen molar-refractivity contribution in [1.82, 2.24) is 5.01 Å². The summed E-state index contributed by atoms with van der Waals surface area (Å²) in [6.07, 6.45) is -10.0.